The molecule has 118 valence electrons. The minimum atomic E-state index is -3.63. The minimum absolute atomic E-state index is 0.0881. The molecular formula is C14H20ClNO4S. The number of ether oxygens (including phenoxy) is 1. The van der Waals surface area contributed by atoms with E-state index in [1.807, 2.05) is 13.8 Å². The number of sulfone groups is 1. The molecule has 0 aliphatic heterocycles. The second kappa shape index (κ2) is 8.36. The monoisotopic (exact) mass is 333 g/mol. The third-order valence-corrected chi connectivity index (χ3v) is 4.47. The van der Waals surface area contributed by atoms with Crippen LogP contribution in [-0.2, 0) is 19.4 Å². The number of halogens is 1. The van der Waals surface area contributed by atoms with Crippen LogP contribution in [0.3, 0.4) is 0 Å². The number of benzene rings is 1. The van der Waals surface area contributed by atoms with Gasteiger partial charge in [-0.25, -0.2) is 8.42 Å². The maximum absolute atomic E-state index is 12.0. The molecule has 1 aromatic carbocycles. The smallest absolute Gasteiger partial charge is 0.235 e. The summed E-state index contributed by atoms with van der Waals surface area (Å²) in [6.07, 6.45) is 0.788. The Morgan fingerprint density at radius 2 is 1.90 bits per heavy atom. The quantitative estimate of drug-likeness (QED) is 0.739. The molecule has 1 N–H and O–H groups in total. The summed E-state index contributed by atoms with van der Waals surface area (Å²) in [6, 6.07) is 5.74. The number of hydrogen-bond acceptors (Lipinski definition) is 4. The van der Waals surface area contributed by atoms with Gasteiger partial charge in [-0.3, -0.25) is 4.79 Å². The zero-order valence-corrected chi connectivity index (χ0v) is 13.7. The molecule has 1 rings (SSSR count). The molecule has 0 aliphatic carbocycles. The predicted molar refractivity (Wildman–Crippen MR) is 82.2 cm³/mol. The first-order chi connectivity index (χ1) is 9.81. The summed E-state index contributed by atoms with van der Waals surface area (Å²) in [6.45, 7) is 4.78. The van der Waals surface area contributed by atoms with Crippen molar-refractivity contribution in [3.8, 4) is 0 Å². The summed E-state index contributed by atoms with van der Waals surface area (Å²) >= 11 is 5.70. The molecule has 0 radical (unpaired) electrons. The topological polar surface area (TPSA) is 72.5 Å². The second-order valence-corrected chi connectivity index (χ2v) is 7.26. The van der Waals surface area contributed by atoms with E-state index >= 15 is 0 Å². The Labute approximate surface area is 130 Å². The molecule has 0 saturated carbocycles. The van der Waals surface area contributed by atoms with Crippen molar-refractivity contribution in [2.45, 2.75) is 31.3 Å². The predicted octanol–water partition coefficient (Wildman–Crippen LogP) is 2.04. The largest absolute Gasteiger partial charge is 0.379 e. The van der Waals surface area contributed by atoms with E-state index in [1.165, 1.54) is 24.3 Å². The molecule has 21 heavy (non-hydrogen) atoms. The van der Waals surface area contributed by atoms with Crippen LogP contribution in [0.15, 0.2) is 29.2 Å². The van der Waals surface area contributed by atoms with Gasteiger partial charge in [0, 0.05) is 18.2 Å². The number of carbonyl (C=O) groups is 1. The van der Waals surface area contributed by atoms with Gasteiger partial charge in [-0.1, -0.05) is 11.6 Å². The Morgan fingerprint density at radius 3 is 2.48 bits per heavy atom. The molecule has 0 saturated heterocycles. The van der Waals surface area contributed by atoms with Crippen molar-refractivity contribution in [1.82, 2.24) is 5.32 Å². The Kier molecular flexibility index (Phi) is 7.14. The average molecular weight is 334 g/mol. The highest BCUT2D eigenvalue weighted by Gasteiger charge is 2.18. The van der Waals surface area contributed by atoms with Crippen LogP contribution in [0.4, 0.5) is 0 Å². The molecule has 0 unspecified atom stereocenters. The summed E-state index contributed by atoms with van der Waals surface area (Å²) in [5.41, 5.74) is 0. The Bertz CT molecular complexity index is 555. The highest BCUT2D eigenvalue weighted by atomic mass is 35.5. The zero-order chi connectivity index (χ0) is 15.9. The molecule has 0 aliphatic rings. The lowest BCUT2D eigenvalue weighted by Gasteiger charge is -2.08. The van der Waals surface area contributed by atoms with Crippen LogP contribution in [0.2, 0.25) is 5.02 Å². The molecule has 0 spiro atoms. The molecular weight excluding hydrogens is 314 g/mol. The summed E-state index contributed by atoms with van der Waals surface area (Å²) in [5.74, 6) is -1.09. The third-order valence-electron chi connectivity index (χ3n) is 2.59. The Balaban J connectivity index is 2.41. The lowest BCUT2D eigenvalue weighted by atomic mass is 10.4. The van der Waals surface area contributed by atoms with Gasteiger partial charge in [0.2, 0.25) is 5.91 Å². The van der Waals surface area contributed by atoms with Crippen LogP contribution in [0.1, 0.15) is 20.3 Å². The van der Waals surface area contributed by atoms with E-state index in [2.05, 4.69) is 5.32 Å². The number of hydrogen-bond donors (Lipinski definition) is 1. The van der Waals surface area contributed by atoms with Gasteiger partial charge in [-0.15, -0.1) is 0 Å². The normalized spacial score (nSPS) is 11.6. The van der Waals surface area contributed by atoms with Gasteiger partial charge in [0.25, 0.3) is 0 Å². The maximum Gasteiger partial charge on any atom is 0.235 e. The van der Waals surface area contributed by atoms with Gasteiger partial charge in [-0.05, 0) is 44.5 Å². The van der Waals surface area contributed by atoms with E-state index < -0.39 is 21.5 Å². The van der Waals surface area contributed by atoms with Crippen LogP contribution in [0, 0.1) is 0 Å². The van der Waals surface area contributed by atoms with E-state index in [1.54, 1.807) is 0 Å². The van der Waals surface area contributed by atoms with Gasteiger partial charge in [0.05, 0.1) is 11.0 Å². The Morgan fingerprint density at radius 1 is 1.29 bits per heavy atom. The highest BCUT2D eigenvalue weighted by molar-refractivity contribution is 7.92. The van der Waals surface area contributed by atoms with Crippen molar-refractivity contribution in [2.24, 2.45) is 0 Å². The fourth-order valence-corrected chi connectivity index (χ4v) is 2.86. The van der Waals surface area contributed by atoms with Crippen molar-refractivity contribution in [3.63, 3.8) is 0 Å². The highest BCUT2D eigenvalue weighted by Crippen LogP contribution is 2.15. The van der Waals surface area contributed by atoms with Crippen molar-refractivity contribution >= 4 is 27.3 Å². The molecule has 0 bridgehead atoms. The van der Waals surface area contributed by atoms with Gasteiger partial charge in [-0.2, -0.15) is 0 Å². The lowest BCUT2D eigenvalue weighted by molar-refractivity contribution is -0.118. The summed E-state index contributed by atoms with van der Waals surface area (Å²) in [7, 11) is -3.63. The molecule has 0 aromatic heterocycles. The van der Waals surface area contributed by atoms with E-state index in [0.29, 0.717) is 24.6 Å². The van der Waals surface area contributed by atoms with Crippen molar-refractivity contribution in [3.05, 3.63) is 29.3 Å². The molecule has 0 atom stereocenters. The van der Waals surface area contributed by atoms with Crippen molar-refractivity contribution in [1.29, 1.82) is 0 Å². The van der Waals surface area contributed by atoms with Gasteiger partial charge in [0.1, 0.15) is 5.75 Å². The van der Waals surface area contributed by atoms with Crippen LogP contribution < -0.4 is 5.32 Å². The van der Waals surface area contributed by atoms with E-state index in [-0.39, 0.29) is 11.0 Å². The first-order valence-electron chi connectivity index (χ1n) is 6.68. The van der Waals surface area contributed by atoms with Crippen LogP contribution in [-0.4, -0.2) is 39.3 Å². The van der Waals surface area contributed by atoms with E-state index in [0.717, 1.165) is 0 Å². The maximum atomic E-state index is 12.0. The summed E-state index contributed by atoms with van der Waals surface area (Å²) < 4.78 is 29.3. The summed E-state index contributed by atoms with van der Waals surface area (Å²) in [5, 5.41) is 3.02. The fraction of sp³-hybridized carbons (Fsp3) is 0.500. The van der Waals surface area contributed by atoms with Crippen molar-refractivity contribution < 1.29 is 17.9 Å². The van der Waals surface area contributed by atoms with E-state index in [9.17, 15) is 13.2 Å². The van der Waals surface area contributed by atoms with Gasteiger partial charge in [0.15, 0.2) is 9.84 Å². The fourth-order valence-electron chi connectivity index (χ4n) is 1.57. The third kappa shape index (κ3) is 6.93. The average Bonchev–Trinajstić information content (AvgIpc) is 2.37. The van der Waals surface area contributed by atoms with Crippen LogP contribution >= 0.6 is 11.6 Å². The van der Waals surface area contributed by atoms with E-state index in [4.69, 9.17) is 16.3 Å². The second-order valence-electron chi connectivity index (χ2n) is 4.84. The first kappa shape index (κ1) is 17.9. The van der Waals surface area contributed by atoms with Gasteiger partial charge < -0.3 is 10.1 Å². The lowest BCUT2D eigenvalue weighted by Crippen LogP contribution is -2.31. The number of carbonyl (C=O) groups excluding carboxylic acids is 1. The summed E-state index contributed by atoms with van der Waals surface area (Å²) in [4.78, 5) is 11.7. The van der Waals surface area contributed by atoms with Gasteiger partial charge >= 0.3 is 0 Å². The molecule has 0 fully saturated rings. The number of rotatable bonds is 8. The molecule has 1 aromatic rings. The SMILES string of the molecule is CC(C)OCCCNC(=O)CS(=O)(=O)c1ccc(Cl)cc1. The first-order valence-corrected chi connectivity index (χ1v) is 8.71. The Hall–Kier alpha value is -1.11. The molecule has 7 heteroatoms. The zero-order valence-electron chi connectivity index (χ0n) is 12.1. The standard InChI is InChI=1S/C14H20ClNO4S/c1-11(2)20-9-3-8-16-14(17)10-21(18,19)13-6-4-12(15)5-7-13/h4-7,11H,3,8-10H2,1-2H3,(H,16,17). The molecule has 1 amide bonds. The van der Waals surface area contributed by atoms with Crippen LogP contribution in [0.25, 0.3) is 0 Å². The molecule has 0 heterocycles. The van der Waals surface area contributed by atoms with Crippen molar-refractivity contribution in [2.75, 3.05) is 18.9 Å². The number of amides is 1. The van der Waals surface area contributed by atoms with Crippen LogP contribution in [0.5, 0.6) is 0 Å². The minimum Gasteiger partial charge on any atom is -0.379 e. The number of nitrogens with one attached hydrogen (secondary N) is 1. The molecule has 5 nitrogen and oxygen atoms in total.